The van der Waals surface area contributed by atoms with Crippen molar-refractivity contribution in [1.29, 1.82) is 0 Å². The summed E-state index contributed by atoms with van der Waals surface area (Å²) in [5.41, 5.74) is 6.54. The average Bonchev–Trinajstić information content (AvgIpc) is 2.47. The number of carbonyl (C=O) groups is 1. The van der Waals surface area contributed by atoms with E-state index in [0.29, 0.717) is 24.0 Å². The molecule has 144 valence electrons. The van der Waals surface area contributed by atoms with Gasteiger partial charge in [0.2, 0.25) is 5.91 Å². The number of aliphatic hydroxyl groups excluding tert-OH is 1. The summed E-state index contributed by atoms with van der Waals surface area (Å²) in [5, 5.41) is 13.1. The molecule has 0 aromatic heterocycles. The van der Waals surface area contributed by atoms with Gasteiger partial charge in [-0.05, 0) is 24.7 Å². The Morgan fingerprint density at radius 1 is 1.25 bits per heavy atom. The van der Waals surface area contributed by atoms with Crippen LogP contribution in [0.4, 0.5) is 0 Å². The molecule has 0 heterocycles. The first-order chi connectivity index (χ1) is 10.4. The Morgan fingerprint density at radius 3 is 2.38 bits per heavy atom. The number of nitrogens with one attached hydrogen (secondary N) is 1. The molecule has 0 aliphatic heterocycles. The predicted molar refractivity (Wildman–Crippen MR) is 106 cm³/mol. The third-order valence-electron chi connectivity index (χ3n) is 4.61. The second kappa shape index (κ2) is 13.9. The summed E-state index contributed by atoms with van der Waals surface area (Å²) >= 11 is 0. The minimum absolute atomic E-state index is 0. The van der Waals surface area contributed by atoms with Gasteiger partial charge >= 0.3 is 0 Å². The van der Waals surface area contributed by atoms with Gasteiger partial charge in [-0.3, -0.25) is 4.79 Å². The highest BCUT2D eigenvalue weighted by atomic mass is 35.5. The van der Waals surface area contributed by atoms with Gasteiger partial charge in [0.1, 0.15) is 0 Å². The van der Waals surface area contributed by atoms with E-state index in [4.69, 9.17) is 5.73 Å². The lowest BCUT2D eigenvalue weighted by Gasteiger charge is -2.27. The molecule has 0 bridgehead atoms. The SMILES string of the molecule is C=C(C[C@H](O)[C@@H](N)CC1CCCCC1)C(=O)NCCC(C)C.Cl.Cl. The van der Waals surface area contributed by atoms with E-state index in [9.17, 15) is 9.90 Å². The molecule has 1 aliphatic carbocycles. The van der Waals surface area contributed by atoms with E-state index in [2.05, 4.69) is 25.7 Å². The molecule has 0 radical (unpaired) electrons. The maximum absolute atomic E-state index is 11.9. The van der Waals surface area contributed by atoms with E-state index in [0.717, 1.165) is 12.8 Å². The van der Waals surface area contributed by atoms with Crippen LogP contribution in [-0.2, 0) is 4.79 Å². The number of nitrogens with two attached hydrogens (primary N) is 1. The van der Waals surface area contributed by atoms with Crippen LogP contribution in [0, 0.1) is 11.8 Å². The molecule has 1 amide bonds. The van der Waals surface area contributed by atoms with Gasteiger partial charge in [0, 0.05) is 24.6 Å². The lowest BCUT2D eigenvalue weighted by atomic mass is 9.83. The summed E-state index contributed by atoms with van der Waals surface area (Å²) in [6, 6.07) is -0.261. The third kappa shape index (κ3) is 10.5. The maximum atomic E-state index is 11.9. The largest absolute Gasteiger partial charge is 0.391 e. The first-order valence-corrected chi connectivity index (χ1v) is 8.79. The van der Waals surface area contributed by atoms with E-state index in [1.54, 1.807) is 0 Å². The van der Waals surface area contributed by atoms with Crippen molar-refractivity contribution in [3.63, 3.8) is 0 Å². The van der Waals surface area contributed by atoms with Crippen molar-refractivity contribution in [1.82, 2.24) is 5.32 Å². The van der Waals surface area contributed by atoms with E-state index in [-0.39, 0.29) is 43.2 Å². The van der Waals surface area contributed by atoms with Crippen molar-refractivity contribution in [2.24, 2.45) is 17.6 Å². The zero-order chi connectivity index (χ0) is 16.5. The normalized spacial score (nSPS) is 17.4. The molecule has 0 saturated heterocycles. The lowest BCUT2D eigenvalue weighted by molar-refractivity contribution is -0.117. The Morgan fingerprint density at radius 2 is 1.83 bits per heavy atom. The van der Waals surface area contributed by atoms with Crippen LogP contribution in [0.5, 0.6) is 0 Å². The first-order valence-electron chi connectivity index (χ1n) is 8.79. The second-order valence-corrected chi connectivity index (χ2v) is 7.22. The second-order valence-electron chi connectivity index (χ2n) is 7.22. The number of carbonyl (C=O) groups excluding carboxylic acids is 1. The predicted octanol–water partition coefficient (Wildman–Crippen LogP) is 3.60. The number of aliphatic hydroxyl groups is 1. The molecule has 24 heavy (non-hydrogen) atoms. The van der Waals surface area contributed by atoms with Crippen molar-refractivity contribution in [3.8, 4) is 0 Å². The third-order valence-corrected chi connectivity index (χ3v) is 4.61. The van der Waals surface area contributed by atoms with E-state index in [1.165, 1.54) is 32.1 Å². The van der Waals surface area contributed by atoms with Gasteiger partial charge in [0.15, 0.2) is 0 Å². The first kappa shape index (κ1) is 25.9. The minimum Gasteiger partial charge on any atom is -0.391 e. The Bertz CT molecular complexity index is 359. The van der Waals surface area contributed by atoms with E-state index < -0.39 is 6.10 Å². The standard InChI is InChI=1S/C18H34N2O2.2ClH/c1-13(2)9-10-20-18(22)14(3)11-17(21)16(19)12-15-7-5-4-6-8-15;;/h13,15-17,21H,3-12,19H2,1-2H3,(H,20,22);2*1H/t16-,17-;;/m0../s1. The van der Waals surface area contributed by atoms with Gasteiger partial charge in [-0.1, -0.05) is 52.5 Å². The topological polar surface area (TPSA) is 75.3 Å². The van der Waals surface area contributed by atoms with Crippen LogP contribution >= 0.6 is 24.8 Å². The Balaban J connectivity index is 0. The van der Waals surface area contributed by atoms with Gasteiger partial charge in [0.05, 0.1) is 6.10 Å². The molecule has 0 aromatic rings. The molecular weight excluding hydrogens is 347 g/mol. The van der Waals surface area contributed by atoms with Gasteiger partial charge in [-0.25, -0.2) is 0 Å². The maximum Gasteiger partial charge on any atom is 0.246 e. The number of rotatable bonds is 9. The number of halogens is 2. The molecular formula is C18H36Cl2N2O2. The Hall–Kier alpha value is -0.290. The van der Waals surface area contributed by atoms with Crippen molar-refractivity contribution < 1.29 is 9.90 Å². The van der Waals surface area contributed by atoms with Gasteiger partial charge in [-0.15, -0.1) is 24.8 Å². The molecule has 1 saturated carbocycles. The smallest absolute Gasteiger partial charge is 0.246 e. The van der Waals surface area contributed by atoms with Gasteiger partial charge in [-0.2, -0.15) is 0 Å². The summed E-state index contributed by atoms with van der Waals surface area (Å²) in [7, 11) is 0. The summed E-state index contributed by atoms with van der Waals surface area (Å²) in [5.74, 6) is 1.03. The highest BCUT2D eigenvalue weighted by molar-refractivity contribution is 5.92. The zero-order valence-corrected chi connectivity index (χ0v) is 16.8. The lowest BCUT2D eigenvalue weighted by Crippen LogP contribution is -2.38. The highest BCUT2D eigenvalue weighted by Gasteiger charge is 2.23. The minimum atomic E-state index is -0.676. The van der Waals surface area contributed by atoms with Crippen LogP contribution < -0.4 is 11.1 Å². The Kier molecular flexibility index (Phi) is 15.1. The van der Waals surface area contributed by atoms with Crippen molar-refractivity contribution in [2.45, 2.75) is 77.4 Å². The molecule has 1 aliphatic rings. The summed E-state index contributed by atoms with van der Waals surface area (Å²) < 4.78 is 0. The molecule has 4 nitrogen and oxygen atoms in total. The average molecular weight is 383 g/mol. The molecule has 2 atom stereocenters. The molecule has 0 unspecified atom stereocenters. The van der Waals surface area contributed by atoms with Crippen LogP contribution in [0.15, 0.2) is 12.2 Å². The Labute approximate surface area is 159 Å². The van der Waals surface area contributed by atoms with Crippen molar-refractivity contribution in [3.05, 3.63) is 12.2 Å². The summed E-state index contributed by atoms with van der Waals surface area (Å²) in [4.78, 5) is 11.9. The van der Waals surface area contributed by atoms with E-state index in [1.807, 2.05) is 0 Å². The van der Waals surface area contributed by atoms with Crippen molar-refractivity contribution >= 4 is 30.7 Å². The molecule has 0 aromatic carbocycles. The number of hydrogen-bond acceptors (Lipinski definition) is 3. The fourth-order valence-corrected chi connectivity index (χ4v) is 3.06. The molecule has 1 fully saturated rings. The van der Waals surface area contributed by atoms with Gasteiger partial charge in [0.25, 0.3) is 0 Å². The van der Waals surface area contributed by atoms with Crippen LogP contribution in [0.25, 0.3) is 0 Å². The fraction of sp³-hybridized carbons (Fsp3) is 0.833. The van der Waals surface area contributed by atoms with Crippen LogP contribution in [0.2, 0.25) is 0 Å². The quantitative estimate of drug-likeness (QED) is 0.533. The summed E-state index contributed by atoms with van der Waals surface area (Å²) in [6.07, 6.45) is 7.70. The molecule has 6 heteroatoms. The number of amides is 1. The van der Waals surface area contributed by atoms with E-state index >= 15 is 0 Å². The fourth-order valence-electron chi connectivity index (χ4n) is 3.06. The van der Waals surface area contributed by atoms with Crippen molar-refractivity contribution in [2.75, 3.05) is 6.54 Å². The number of hydrogen-bond donors (Lipinski definition) is 3. The highest BCUT2D eigenvalue weighted by Crippen LogP contribution is 2.28. The van der Waals surface area contributed by atoms with Crippen LogP contribution in [0.3, 0.4) is 0 Å². The molecule has 4 N–H and O–H groups in total. The van der Waals surface area contributed by atoms with Gasteiger partial charge < -0.3 is 16.2 Å². The van der Waals surface area contributed by atoms with Crippen LogP contribution in [-0.4, -0.2) is 29.7 Å². The summed E-state index contributed by atoms with van der Waals surface area (Å²) in [6.45, 7) is 8.69. The van der Waals surface area contributed by atoms with Crippen LogP contribution in [0.1, 0.15) is 65.2 Å². The zero-order valence-electron chi connectivity index (χ0n) is 15.1. The molecule has 0 spiro atoms. The molecule has 1 rings (SSSR count). The monoisotopic (exact) mass is 382 g/mol.